The molecule has 1 aliphatic heterocycles. The summed E-state index contributed by atoms with van der Waals surface area (Å²) in [5, 5.41) is 0.181. The van der Waals surface area contributed by atoms with Crippen LogP contribution in [0.15, 0.2) is 38.3 Å². The van der Waals surface area contributed by atoms with Crippen LogP contribution in [0.3, 0.4) is 0 Å². The van der Waals surface area contributed by atoms with Crippen molar-refractivity contribution in [3.8, 4) is 0 Å². The Hall–Kier alpha value is -3.09. The highest BCUT2D eigenvalue weighted by Gasteiger charge is 2.17. The number of rotatable bonds is 9. The van der Waals surface area contributed by atoms with Crippen LogP contribution < -0.4 is 15.8 Å². The number of esters is 1. The van der Waals surface area contributed by atoms with Gasteiger partial charge >= 0.3 is 5.97 Å². The summed E-state index contributed by atoms with van der Waals surface area (Å²) in [7, 11) is 0. The normalized spacial score (nSPS) is 11.2. The molecule has 0 radical (unpaired) electrons. The van der Waals surface area contributed by atoms with Crippen LogP contribution in [0.2, 0.25) is 0 Å². The largest absolute Gasteiger partial charge is 0.462 e. The molecule has 0 saturated carbocycles. The first kappa shape index (κ1) is 21.6. The zero-order chi connectivity index (χ0) is 21.7. The molecule has 0 bridgehead atoms. The van der Waals surface area contributed by atoms with Crippen molar-refractivity contribution in [1.29, 1.82) is 0 Å². The first-order chi connectivity index (χ1) is 14.5. The second-order valence-corrected chi connectivity index (χ2v) is 7.34. The maximum absolute atomic E-state index is 12.5. The Morgan fingerprint density at radius 3 is 2.47 bits per heavy atom. The number of ether oxygens (including phenoxy) is 1. The number of nitrogens with zero attached hydrogens (tertiary/aromatic N) is 1. The van der Waals surface area contributed by atoms with E-state index in [0.717, 1.165) is 50.5 Å². The number of hydrogen-bond donors (Lipinski definition) is 1. The summed E-state index contributed by atoms with van der Waals surface area (Å²) in [5.41, 5.74) is 0.331. The van der Waals surface area contributed by atoms with E-state index in [-0.39, 0.29) is 22.9 Å². The molecule has 1 aromatic carbocycles. The highest BCUT2D eigenvalue weighted by atomic mass is 16.5. The minimum Gasteiger partial charge on any atom is -0.462 e. The van der Waals surface area contributed by atoms with E-state index in [0.29, 0.717) is 11.1 Å². The molecule has 0 aromatic heterocycles. The van der Waals surface area contributed by atoms with Gasteiger partial charge in [-0.05, 0) is 31.4 Å². The lowest BCUT2D eigenvalue weighted by Gasteiger charge is -2.23. The van der Waals surface area contributed by atoms with Gasteiger partial charge in [-0.25, -0.2) is 4.79 Å². The summed E-state index contributed by atoms with van der Waals surface area (Å²) in [5.74, 6) is -0.648. The summed E-state index contributed by atoms with van der Waals surface area (Å²) in [6.45, 7) is 8.29. The van der Waals surface area contributed by atoms with Crippen molar-refractivity contribution in [2.45, 2.75) is 46.5 Å². The summed E-state index contributed by atoms with van der Waals surface area (Å²) in [6, 6.07) is 6.71. The molecule has 1 heterocycles. The fourth-order valence-electron chi connectivity index (χ4n) is 3.44. The number of aromatic amines is 1. The van der Waals surface area contributed by atoms with Gasteiger partial charge < -0.3 is 19.0 Å². The van der Waals surface area contributed by atoms with E-state index in [2.05, 4.69) is 23.7 Å². The molecule has 7 nitrogen and oxygen atoms in total. The van der Waals surface area contributed by atoms with Gasteiger partial charge in [0.15, 0.2) is 5.58 Å². The van der Waals surface area contributed by atoms with Crippen LogP contribution in [0.25, 0.3) is 11.1 Å². The van der Waals surface area contributed by atoms with Crippen LogP contribution >= 0.6 is 0 Å². The number of carbonyl (C=O) groups is 1. The van der Waals surface area contributed by atoms with E-state index < -0.39 is 16.8 Å². The maximum Gasteiger partial charge on any atom is 0.340 e. The monoisotopic (exact) mass is 412 g/mol. The highest BCUT2D eigenvalue weighted by Crippen LogP contribution is 2.22. The average molecular weight is 412 g/mol. The molecular weight excluding hydrogens is 384 g/mol. The van der Waals surface area contributed by atoms with Gasteiger partial charge in [0.1, 0.15) is 5.35 Å². The molecule has 0 amide bonds. The molecule has 160 valence electrons. The summed E-state index contributed by atoms with van der Waals surface area (Å²) in [4.78, 5) is 42.4. The van der Waals surface area contributed by atoms with E-state index in [1.807, 2.05) is 25.1 Å². The van der Waals surface area contributed by atoms with E-state index in [1.165, 1.54) is 0 Å². The molecule has 7 heteroatoms. The molecule has 1 aliphatic carbocycles. The standard InChI is InChI=1S/C23H28N2O5/c1-4-7-12-29-23(28)16-14-18(26)21(27)22-20(16)24-17-9-8-15(13-19(17)30-22)25(10-5-2)11-6-3/h8-9,13-14,24H,4-7,10-12H2,1-3H3. The van der Waals surface area contributed by atoms with Crippen LogP contribution in [0, 0.1) is 10.8 Å². The minimum atomic E-state index is -0.795. The second kappa shape index (κ2) is 9.61. The number of nitrogens with one attached hydrogen (secondary N) is 1. The van der Waals surface area contributed by atoms with Crippen LogP contribution in [0.5, 0.6) is 0 Å². The second-order valence-electron chi connectivity index (χ2n) is 7.34. The molecule has 30 heavy (non-hydrogen) atoms. The fraction of sp³-hybridized carbons (Fsp3) is 0.435. The summed E-state index contributed by atoms with van der Waals surface area (Å²) in [6.07, 6.45) is 3.61. The predicted molar refractivity (Wildman–Crippen MR) is 116 cm³/mol. The maximum atomic E-state index is 12.5. The SMILES string of the molecule is CCCCOC(=O)c1cc(=O)c(=O)c2oc3cc(N(CCC)CCC)ccc3[nH]c1=2. The molecule has 1 N–H and O–H groups in total. The molecular formula is C23H28N2O5. The van der Waals surface area contributed by atoms with Crippen molar-refractivity contribution in [2.24, 2.45) is 0 Å². The Kier molecular flexibility index (Phi) is 6.92. The smallest absolute Gasteiger partial charge is 0.340 e. The third kappa shape index (κ3) is 4.40. The van der Waals surface area contributed by atoms with Gasteiger partial charge in [0.25, 0.3) is 5.43 Å². The van der Waals surface area contributed by atoms with Crippen molar-refractivity contribution in [2.75, 3.05) is 24.6 Å². The van der Waals surface area contributed by atoms with Crippen molar-refractivity contribution in [3.05, 3.63) is 61.0 Å². The Balaban J connectivity index is 2.17. The first-order valence-electron chi connectivity index (χ1n) is 10.6. The van der Waals surface area contributed by atoms with Gasteiger partial charge in [-0.2, -0.15) is 0 Å². The van der Waals surface area contributed by atoms with Crippen LogP contribution in [0.4, 0.5) is 5.69 Å². The van der Waals surface area contributed by atoms with Gasteiger partial charge in [0.2, 0.25) is 10.8 Å². The van der Waals surface area contributed by atoms with Crippen molar-refractivity contribution in [1.82, 2.24) is 4.98 Å². The Morgan fingerprint density at radius 2 is 1.80 bits per heavy atom. The van der Waals surface area contributed by atoms with Crippen molar-refractivity contribution in [3.63, 3.8) is 0 Å². The lowest BCUT2D eigenvalue weighted by Crippen LogP contribution is -2.27. The number of H-pyrrole nitrogens is 1. The number of anilines is 1. The fourth-order valence-corrected chi connectivity index (χ4v) is 3.44. The lowest BCUT2D eigenvalue weighted by atomic mass is 10.2. The minimum absolute atomic E-state index is 0.0130. The van der Waals surface area contributed by atoms with E-state index in [1.54, 1.807) is 0 Å². The molecule has 0 saturated heterocycles. The van der Waals surface area contributed by atoms with E-state index in [9.17, 15) is 14.4 Å². The molecule has 0 atom stereocenters. The van der Waals surface area contributed by atoms with Gasteiger partial charge in [-0.3, -0.25) is 9.59 Å². The average Bonchev–Trinajstić information content (AvgIpc) is 2.74. The van der Waals surface area contributed by atoms with E-state index >= 15 is 0 Å². The third-order valence-electron chi connectivity index (χ3n) is 4.94. The molecule has 2 aliphatic rings. The number of benzene rings is 1. The molecule has 3 rings (SSSR count). The quantitative estimate of drug-likeness (QED) is 0.327. The molecule has 0 fully saturated rings. The number of hydrogen-bond acceptors (Lipinski definition) is 6. The number of unbranched alkanes of at least 4 members (excludes halogenated alkanes) is 1. The zero-order valence-electron chi connectivity index (χ0n) is 17.7. The van der Waals surface area contributed by atoms with Crippen molar-refractivity contribution >= 4 is 22.8 Å². The lowest BCUT2D eigenvalue weighted by molar-refractivity contribution is 0.0497. The van der Waals surface area contributed by atoms with Gasteiger partial charge in [-0.15, -0.1) is 0 Å². The summed E-state index contributed by atoms with van der Waals surface area (Å²) < 4.78 is 11.1. The van der Waals surface area contributed by atoms with Gasteiger partial charge in [0, 0.05) is 30.9 Å². The number of aromatic nitrogens is 1. The van der Waals surface area contributed by atoms with Gasteiger partial charge in [-0.1, -0.05) is 27.2 Å². The van der Waals surface area contributed by atoms with Crippen LogP contribution in [0.1, 0.15) is 56.8 Å². The number of carbonyl (C=O) groups excluding carboxylic acids is 1. The third-order valence-corrected chi connectivity index (χ3v) is 4.94. The molecule has 1 aromatic rings. The summed E-state index contributed by atoms with van der Waals surface area (Å²) >= 11 is 0. The highest BCUT2D eigenvalue weighted by molar-refractivity contribution is 5.89. The van der Waals surface area contributed by atoms with Crippen LogP contribution in [-0.4, -0.2) is 30.6 Å². The topological polar surface area (TPSA) is 92.6 Å². The zero-order valence-corrected chi connectivity index (χ0v) is 17.7. The molecule has 0 spiro atoms. The Bertz CT molecular complexity index is 1200. The number of fused-ring (bicyclic) bond motifs is 1. The van der Waals surface area contributed by atoms with Crippen LogP contribution in [-0.2, 0) is 4.74 Å². The Morgan fingerprint density at radius 1 is 1.07 bits per heavy atom. The van der Waals surface area contributed by atoms with Crippen molar-refractivity contribution < 1.29 is 13.9 Å². The van der Waals surface area contributed by atoms with E-state index in [4.69, 9.17) is 9.15 Å². The molecule has 0 unspecified atom stereocenters. The van der Waals surface area contributed by atoms with Gasteiger partial charge in [0.05, 0.1) is 17.7 Å². The Labute approximate surface area is 174 Å². The first-order valence-corrected chi connectivity index (χ1v) is 10.6. The predicted octanol–water partition coefficient (Wildman–Crippen LogP) is 3.79.